The number of amides is 1. The van der Waals surface area contributed by atoms with Crippen molar-refractivity contribution in [2.45, 2.75) is 11.4 Å². The van der Waals surface area contributed by atoms with Gasteiger partial charge in [-0.15, -0.1) is 11.8 Å². The van der Waals surface area contributed by atoms with Gasteiger partial charge in [0.2, 0.25) is 0 Å². The first-order valence-corrected chi connectivity index (χ1v) is 10.6. The minimum absolute atomic E-state index is 0.0383. The van der Waals surface area contributed by atoms with E-state index in [1.165, 1.54) is 4.90 Å². The molecule has 0 atom stereocenters. The monoisotopic (exact) mass is 390 g/mol. The molecule has 4 aromatic rings. The van der Waals surface area contributed by atoms with Crippen LogP contribution >= 0.6 is 23.1 Å². The van der Waals surface area contributed by atoms with Gasteiger partial charge in [0.25, 0.3) is 5.91 Å². The highest BCUT2D eigenvalue weighted by atomic mass is 32.2. The van der Waals surface area contributed by atoms with Crippen LogP contribution < -0.4 is 4.90 Å². The summed E-state index contributed by atoms with van der Waals surface area (Å²) in [5.74, 6) is -0.0383. The lowest BCUT2D eigenvalue weighted by molar-refractivity contribution is 0.0985. The third-order valence-corrected chi connectivity index (χ3v) is 6.03. The number of thiazole rings is 1. The molecule has 27 heavy (non-hydrogen) atoms. The van der Waals surface area contributed by atoms with E-state index >= 15 is 0 Å². The number of benzene rings is 3. The van der Waals surface area contributed by atoms with Crippen LogP contribution in [0.5, 0.6) is 0 Å². The highest BCUT2D eigenvalue weighted by molar-refractivity contribution is 7.98. The van der Waals surface area contributed by atoms with E-state index in [1.54, 1.807) is 28.0 Å². The van der Waals surface area contributed by atoms with Crippen LogP contribution in [0.4, 0.5) is 5.13 Å². The predicted octanol–water partition coefficient (Wildman–Crippen LogP) is 5.87. The molecule has 0 bridgehead atoms. The van der Waals surface area contributed by atoms with Crippen LogP contribution in [0.2, 0.25) is 0 Å². The Kier molecular flexibility index (Phi) is 5.23. The van der Waals surface area contributed by atoms with Crippen LogP contribution in [0, 0.1) is 0 Å². The topological polar surface area (TPSA) is 33.2 Å². The predicted molar refractivity (Wildman–Crippen MR) is 115 cm³/mol. The summed E-state index contributed by atoms with van der Waals surface area (Å²) in [7, 11) is 0. The maximum atomic E-state index is 13.2. The Balaban J connectivity index is 1.76. The Morgan fingerprint density at radius 3 is 2.41 bits per heavy atom. The van der Waals surface area contributed by atoms with Crippen molar-refractivity contribution in [3.8, 4) is 0 Å². The molecule has 4 rings (SSSR count). The van der Waals surface area contributed by atoms with Gasteiger partial charge in [0, 0.05) is 10.5 Å². The van der Waals surface area contributed by atoms with Crippen LogP contribution in [0.3, 0.4) is 0 Å². The van der Waals surface area contributed by atoms with Crippen molar-refractivity contribution >= 4 is 44.4 Å². The van der Waals surface area contributed by atoms with Crippen molar-refractivity contribution in [3.63, 3.8) is 0 Å². The number of rotatable bonds is 5. The number of nitrogens with zero attached hydrogens (tertiary/aromatic N) is 2. The maximum Gasteiger partial charge on any atom is 0.260 e. The van der Waals surface area contributed by atoms with Crippen LogP contribution in [0.1, 0.15) is 15.9 Å². The molecule has 0 aliphatic carbocycles. The number of carbonyl (C=O) groups is 1. The van der Waals surface area contributed by atoms with E-state index in [0.717, 1.165) is 20.9 Å². The fourth-order valence-corrected chi connectivity index (χ4v) is 4.38. The fraction of sp³-hybridized carbons (Fsp3) is 0.0909. The fourth-order valence-electron chi connectivity index (χ4n) is 2.86. The van der Waals surface area contributed by atoms with Crippen molar-refractivity contribution in [1.29, 1.82) is 0 Å². The molecule has 0 spiro atoms. The van der Waals surface area contributed by atoms with Crippen LogP contribution in [0.25, 0.3) is 10.2 Å². The summed E-state index contributed by atoms with van der Waals surface area (Å²) in [6.07, 6.45) is 2.06. The van der Waals surface area contributed by atoms with E-state index in [0.29, 0.717) is 12.1 Å². The summed E-state index contributed by atoms with van der Waals surface area (Å²) in [5, 5.41) is 0.723. The summed E-state index contributed by atoms with van der Waals surface area (Å²) in [5.41, 5.74) is 2.66. The molecule has 0 saturated carbocycles. The Morgan fingerprint density at radius 2 is 1.70 bits per heavy atom. The van der Waals surface area contributed by atoms with Gasteiger partial charge in [-0.05, 0) is 42.2 Å². The highest BCUT2D eigenvalue weighted by Crippen LogP contribution is 2.33. The lowest BCUT2D eigenvalue weighted by Crippen LogP contribution is -2.30. The first-order chi connectivity index (χ1) is 13.2. The van der Waals surface area contributed by atoms with Gasteiger partial charge in [-0.1, -0.05) is 59.9 Å². The Labute approximate surface area is 166 Å². The summed E-state index contributed by atoms with van der Waals surface area (Å²) >= 11 is 3.26. The number of hydrogen-bond acceptors (Lipinski definition) is 4. The third kappa shape index (κ3) is 3.89. The van der Waals surface area contributed by atoms with Crippen LogP contribution in [-0.4, -0.2) is 17.1 Å². The Bertz CT molecular complexity index is 1060. The second-order valence-corrected chi connectivity index (χ2v) is 7.96. The van der Waals surface area contributed by atoms with Crippen molar-refractivity contribution in [2.75, 3.05) is 11.2 Å². The molecule has 0 radical (unpaired) electrons. The molecule has 0 saturated heterocycles. The minimum Gasteiger partial charge on any atom is -0.279 e. The van der Waals surface area contributed by atoms with E-state index in [-0.39, 0.29) is 5.91 Å². The molecule has 3 aromatic carbocycles. The molecule has 5 heteroatoms. The van der Waals surface area contributed by atoms with E-state index in [4.69, 9.17) is 4.98 Å². The van der Waals surface area contributed by atoms with Crippen molar-refractivity contribution < 1.29 is 4.79 Å². The molecular formula is C22H18N2OS2. The molecule has 0 unspecified atom stereocenters. The van der Waals surface area contributed by atoms with Crippen LogP contribution in [0.15, 0.2) is 83.8 Å². The molecule has 0 fully saturated rings. The van der Waals surface area contributed by atoms with Gasteiger partial charge in [-0.2, -0.15) is 0 Å². The molecule has 0 aliphatic heterocycles. The summed E-state index contributed by atoms with van der Waals surface area (Å²) < 4.78 is 1.09. The molecule has 0 aliphatic rings. The highest BCUT2D eigenvalue weighted by Gasteiger charge is 2.21. The number of anilines is 1. The number of thioether (sulfide) groups is 1. The molecular weight excluding hydrogens is 372 g/mol. The SMILES string of the molecule is CSc1ccc2nc(N(Cc3ccccc3)C(=O)c3ccccc3)sc2c1. The largest absolute Gasteiger partial charge is 0.279 e. The van der Waals surface area contributed by atoms with Gasteiger partial charge in [-0.25, -0.2) is 4.98 Å². The number of aromatic nitrogens is 1. The zero-order chi connectivity index (χ0) is 18.6. The summed E-state index contributed by atoms with van der Waals surface area (Å²) in [4.78, 5) is 21.0. The molecule has 134 valence electrons. The maximum absolute atomic E-state index is 13.2. The quantitative estimate of drug-likeness (QED) is 0.400. The van der Waals surface area contributed by atoms with Crippen molar-refractivity contribution in [2.24, 2.45) is 0 Å². The standard InChI is InChI=1S/C22H18N2OS2/c1-26-18-12-13-19-20(14-18)27-22(23-19)24(15-16-8-4-2-5-9-16)21(25)17-10-6-3-7-11-17/h2-14H,15H2,1H3. The van der Waals surface area contributed by atoms with Gasteiger partial charge in [0.15, 0.2) is 5.13 Å². The zero-order valence-electron chi connectivity index (χ0n) is 14.8. The smallest absolute Gasteiger partial charge is 0.260 e. The van der Waals surface area contributed by atoms with E-state index in [2.05, 4.69) is 18.4 Å². The van der Waals surface area contributed by atoms with E-state index in [9.17, 15) is 4.79 Å². The first kappa shape index (κ1) is 17.8. The van der Waals surface area contributed by atoms with Gasteiger partial charge < -0.3 is 0 Å². The van der Waals surface area contributed by atoms with Gasteiger partial charge in [-0.3, -0.25) is 9.69 Å². The van der Waals surface area contributed by atoms with E-state index < -0.39 is 0 Å². The molecule has 1 heterocycles. The normalized spacial score (nSPS) is 10.9. The third-order valence-electron chi connectivity index (χ3n) is 4.26. The lowest BCUT2D eigenvalue weighted by atomic mass is 10.1. The average molecular weight is 391 g/mol. The van der Waals surface area contributed by atoms with Crippen molar-refractivity contribution in [1.82, 2.24) is 4.98 Å². The average Bonchev–Trinajstić information content (AvgIpc) is 3.15. The summed E-state index contributed by atoms with van der Waals surface area (Å²) in [6.45, 7) is 0.490. The molecule has 1 aromatic heterocycles. The first-order valence-electron chi connectivity index (χ1n) is 8.60. The molecule has 3 nitrogen and oxygen atoms in total. The van der Waals surface area contributed by atoms with Gasteiger partial charge in [0.1, 0.15) is 0 Å². The van der Waals surface area contributed by atoms with Gasteiger partial charge >= 0.3 is 0 Å². The Hall–Kier alpha value is -2.63. The Morgan fingerprint density at radius 1 is 1.00 bits per heavy atom. The lowest BCUT2D eigenvalue weighted by Gasteiger charge is -2.20. The number of fused-ring (bicyclic) bond motifs is 1. The number of hydrogen-bond donors (Lipinski definition) is 0. The van der Waals surface area contributed by atoms with Gasteiger partial charge in [0.05, 0.1) is 16.8 Å². The van der Waals surface area contributed by atoms with Crippen LogP contribution in [-0.2, 0) is 6.54 Å². The van der Waals surface area contributed by atoms with Crippen molar-refractivity contribution in [3.05, 3.63) is 90.0 Å². The molecule has 0 N–H and O–H groups in total. The van der Waals surface area contributed by atoms with E-state index in [1.807, 2.05) is 66.7 Å². The molecule has 1 amide bonds. The zero-order valence-corrected chi connectivity index (χ0v) is 16.5. The second-order valence-electron chi connectivity index (χ2n) is 6.07. The number of carbonyl (C=O) groups excluding carboxylic acids is 1. The second kappa shape index (κ2) is 7.94. The summed E-state index contributed by atoms with van der Waals surface area (Å²) in [6, 6.07) is 25.6. The minimum atomic E-state index is -0.0383.